The van der Waals surface area contributed by atoms with Crippen LogP contribution in [-0.4, -0.2) is 24.9 Å². The Morgan fingerprint density at radius 1 is 1.17 bits per heavy atom. The Balaban J connectivity index is 2.30. The summed E-state index contributed by atoms with van der Waals surface area (Å²) in [6.07, 6.45) is -0.0849. The molecule has 0 aromatic heterocycles. The zero-order valence-corrected chi connectivity index (χ0v) is 13.6. The Hall–Kier alpha value is -2.63. The SMILES string of the molecule is COC(=O)C1=C(C)NC(=O)C[C@@H]1C(=O)Nc1cc(C)cc(C)c1. The van der Waals surface area contributed by atoms with Crippen molar-refractivity contribution in [2.75, 3.05) is 12.4 Å². The number of hydrogen-bond donors (Lipinski definition) is 2. The molecule has 23 heavy (non-hydrogen) atoms. The minimum absolute atomic E-state index is 0.0849. The summed E-state index contributed by atoms with van der Waals surface area (Å²) in [4.78, 5) is 36.3. The second-order valence-electron chi connectivity index (χ2n) is 5.70. The number of aryl methyl sites for hydroxylation is 2. The monoisotopic (exact) mass is 316 g/mol. The van der Waals surface area contributed by atoms with Crippen LogP contribution >= 0.6 is 0 Å². The average Bonchev–Trinajstić information content (AvgIpc) is 2.44. The van der Waals surface area contributed by atoms with E-state index in [1.807, 2.05) is 32.0 Å². The van der Waals surface area contributed by atoms with E-state index in [9.17, 15) is 14.4 Å². The molecule has 0 radical (unpaired) electrons. The molecule has 1 aromatic rings. The zero-order valence-electron chi connectivity index (χ0n) is 13.6. The van der Waals surface area contributed by atoms with Crippen LogP contribution in [-0.2, 0) is 19.1 Å². The standard InChI is InChI=1S/C17H20N2O4/c1-9-5-10(2)7-12(6-9)19-16(21)13-8-14(20)18-11(3)15(13)17(22)23-4/h5-7,13H,8H2,1-4H3,(H,18,20)(H,19,21)/t13-/m0/s1. The lowest BCUT2D eigenvalue weighted by Gasteiger charge is -2.25. The summed E-state index contributed by atoms with van der Waals surface area (Å²) in [5, 5.41) is 5.35. The lowest BCUT2D eigenvalue weighted by molar-refractivity contribution is -0.139. The molecular weight excluding hydrogens is 296 g/mol. The maximum absolute atomic E-state index is 12.6. The molecule has 2 N–H and O–H groups in total. The lowest BCUT2D eigenvalue weighted by atomic mass is 9.89. The van der Waals surface area contributed by atoms with Crippen molar-refractivity contribution >= 4 is 23.5 Å². The first-order chi connectivity index (χ1) is 10.8. The van der Waals surface area contributed by atoms with Crippen molar-refractivity contribution in [3.05, 3.63) is 40.6 Å². The molecule has 0 fully saturated rings. The quantitative estimate of drug-likeness (QED) is 0.833. The van der Waals surface area contributed by atoms with Crippen LogP contribution < -0.4 is 10.6 Å². The number of allylic oxidation sites excluding steroid dienone is 1. The first-order valence-electron chi connectivity index (χ1n) is 7.30. The van der Waals surface area contributed by atoms with Crippen LogP contribution in [0.5, 0.6) is 0 Å². The van der Waals surface area contributed by atoms with Crippen molar-refractivity contribution < 1.29 is 19.1 Å². The third-order valence-electron chi connectivity index (χ3n) is 3.68. The highest BCUT2D eigenvalue weighted by molar-refractivity contribution is 6.06. The molecule has 1 aliphatic rings. The van der Waals surface area contributed by atoms with E-state index in [4.69, 9.17) is 4.74 Å². The van der Waals surface area contributed by atoms with Crippen LogP contribution in [0.4, 0.5) is 5.69 Å². The van der Waals surface area contributed by atoms with Crippen LogP contribution in [0.25, 0.3) is 0 Å². The number of ether oxygens (including phenoxy) is 1. The summed E-state index contributed by atoms with van der Waals surface area (Å²) in [5.74, 6) is -2.17. The third-order valence-corrected chi connectivity index (χ3v) is 3.68. The largest absolute Gasteiger partial charge is 0.466 e. The number of rotatable bonds is 3. The Morgan fingerprint density at radius 3 is 2.35 bits per heavy atom. The topological polar surface area (TPSA) is 84.5 Å². The molecule has 1 atom stereocenters. The Morgan fingerprint density at radius 2 is 1.78 bits per heavy atom. The number of methoxy groups -OCH3 is 1. The van der Waals surface area contributed by atoms with Crippen LogP contribution in [0.3, 0.4) is 0 Å². The molecule has 6 heteroatoms. The highest BCUT2D eigenvalue weighted by Crippen LogP contribution is 2.26. The fraction of sp³-hybridized carbons (Fsp3) is 0.353. The zero-order chi connectivity index (χ0) is 17.1. The molecule has 0 spiro atoms. The second-order valence-corrected chi connectivity index (χ2v) is 5.70. The van der Waals surface area contributed by atoms with Gasteiger partial charge >= 0.3 is 5.97 Å². The predicted octanol–water partition coefficient (Wildman–Crippen LogP) is 1.83. The van der Waals surface area contributed by atoms with E-state index >= 15 is 0 Å². The van der Waals surface area contributed by atoms with Crippen LogP contribution in [0.2, 0.25) is 0 Å². The Kier molecular flexibility index (Phi) is 4.83. The summed E-state index contributed by atoms with van der Waals surface area (Å²) >= 11 is 0. The fourth-order valence-corrected chi connectivity index (χ4v) is 2.78. The summed E-state index contributed by atoms with van der Waals surface area (Å²) < 4.78 is 4.74. The van der Waals surface area contributed by atoms with Gasteiger partial charge in [0.05, 0.1) is 18.6 Å². The summed E-state index contributed by atoms with van der Waals surface area (Å²) in [6, 6.07) is 5.66. The predicted molar refractivity (Wildman–Crippen MR) is 85.5 cm³/mol. The van der Waals surface area contributed by atoms with Gasteiger partial charge in [-0.1, -0.05) is 6.07 Å². The normalized spacial score (nSPS) is 17.6. The summed E-state index contributed by atoms with van der Waals surface area (Å²) in [6.45, 7) is 5.45. The molecule has 1 heterocycles. The van der Waals surface area contributed by atoms with E-state index in [0.29, 0.717) is 11.4 Å². The van der Waals surface area contributed by atoms with Gasteiger partial charge in [-0.2, -0.15) is 0 Å². The Bertz CT molecular complexity index is 686. The Labute approximate surface area is 134 Å². The van der Waals surface area contributed by atoms with Crippen molar-refractivity contribution in [1.82, 2.24) is 5.32 Å². The molecule has 2 rings (SSSR count). The molecule has 1 aromatic carbocycles. The van der Waals surface area contributed by atoms with E-state index in [2.05, 4.69) is 10.6 Å². The average molecular weight is 316 g/mol. The van der Waals surface area contributed by atoms with Gasteiger partial charge in [0.25, 0.3) is 0 Å². The van der Waals surface area contributed by atoms with Gasteiger partial charge in [0, 0.05) is 17.8 Å². The van der Waals surface area contributed by atoms with Gasteiger partial charge in [0.15, 0.2) is 0 Å². The van der Waals surface area contributed by atoms with Crippen molar-refractivity contribution in [2.24, 2.45) is 5.92 Å². The van der Waals surface area contributed by atoms with E-state index in [1.165, 1.54) is 7.11 Å². The first kappa shape index (κ1) is 16.7. The van der Waals surface area contributed by atoms with Gasteiger partial charge in [0.2, 0.25) is 11.8 Å². The van der Waals surface area contributed by atoms with E-state index in [1.54, 1.807) is 6.92 Å². The van der Waals surface area contributed by atoms with Crippen molar-refractivity contribution in [3.8, 4) is 0 Å². The molecule has 0 saturated heterocycles. The molecule has 6 nitrogen and oxygen atoms in total. The van der Waals surface area contributed by atoms with E-state index in [-0.39, 0.29) is 17.9 Å². The maximum Gasteiger partial charge on any atom is 0.336 e. The molecule has 0 saturated carbocycles. The van der Waals surface area contributed by atoms with E-state index in [0.717, 1.165) is 11.1 Å². The summed E-state index contributed by atoms with van der Waals surface area (Å²) in [5.41, 5.74) is 3.21. The molecule has 1 aliphatic heterocycles. The second kappa shape index (κ2) is 6.64. The van der Waals surface area contributed by atoms with Crippen LogP contribution in [0.1, 0.15) is 24.5 Å². The highest BCUT2D eigenvalue weighted by atomic mass is 16.5. The highest BCUT2D eigenvalue weighted by Gasteiger charge is 2.36. The lowest BCUT2D eigenvalue weighted by Crippen LogP contribution is -2.40. The van der Waals surface area contributed by atoms with Crippen molar-refractivity contribution in [2.45, 2.75) is 27.2 Å². The van der Waals surface area contributed by atoms with Crippen molar-refractivity contribution in [1.29, 1.82) is 0 Å². The smallest absolute Gasteiger partial charge is 0.336 e. The molecule has 0 aliphatic carbocycles. The minimum Gasteiger partial charge on any atom is -0.466 e. The summed E-state index contributed by atoms with van der Waals surface area (Å²) in [7, 11) is 1.25. The van der Waals surface area contributed by atoms with Crippen LogP contribution in [0, 0.1) is 19.8 Å². The van der Waals surface area contributed by atoms with Gasteiger partial charge in [-0.15, -0.1) is 0 Å². The van der Waals surface area contributed by atoms with Gasteiger partial charge in [-0.3, -0.25) is 9.59 Å². The maximum atomic E-state index is 12.6. The van der Waals surface area contributed by atoms with Gasteiger partial charge in [-0.25, -0.2) is 4.79 Å². The van der Waals surface area contributed by atoms with Gasteiger partial charge in [-0.05, 0) is 44.0 Å². The minimum atomic E-state index is -0.864. The third kappa shape index (κ3) is 3.77. The number of carbonyl (C=O) groups is 3. The first-order valence-corrected chi connectivity index (χ1v) is 7.30. The number of nitrogens with one attached hydrogen (secondary N) is 2. The number of carbonyl (C=O) groups excluding carboxylic acids is 3. The fourth-order valence-electron chi connectivity index (χ4n) is 2.78. The van der Waals surface area contributed by atoms with Crippen molar-refractivity contribution in [3.63, 3.8) is 0 Å². The van der Waals surface area contributed by atoms with Crippen LogP contribution in [0.15, 0.2) is 29.5 Å². The molecule has 122 valence electrons. The van der Waals surface area contributed by atoms with Gasteiger partial charge in [0.1, 0.15) is 0 Å². The molecule has 2 amide bonds. The molecule has 0 bridgehead atoms. The van der Waals surface area contributed by atoms with Gasteiger partial charge < -0.3 is 15.4 Å². The number of anilines is 1. The molecule has 0 unspecified atom stereocenters. The number of amides is 2. The number of hydrogen-bond acceptors (Lipinski definition) is 4. The van der Waals surface area contributed by atoms with E-state index < -0.39 is 17.8 Å². The number of benzene rings is 1. The molecular formula is C17H20N2O4. The number of esters is 1.